The van der Waals surface area contributed by atoms with Crippen LogP contribution in [0.2, 0.25) is 0 Å². The summed E-state index contributed by atoms with van der Waals surface area (Å²) in [7, 11) is 1.76. The van der Waals surface area contributed by atoms with Crippen LogP contribution in [0.5, 0.6) is 0 Å². The Morgan fingerprint density at radius 1 is 1.33 bits per heavy atom. The number of piperidine rings is 1. The van der Waals surface area contributed by atoms with E-state index in [-0.39, 0.29) is 5.97 Å². The summed E-state index contributed by atoms with van der Waals surface area (Å²) in [4.78, 5) is 19.2. The molecule has 2 heterocycles. The molecule has 0 unspecified atom stereocenters. The van der Waals surface area contributed by atoms with Gasteiger partial charge in [-0.15, -0.1) is 0 Å². The molecule has 5 nitrogen and oxygen atoms in total. The lowest BCUT2D eigenvalue weighted by molar-refractivity contribution is 0.0526. The Balaban J connectivity index is 2.09. The maximum Gasteiger partial charge on any atom is 0.341 e. The van der Waals surface area contributed by atoms with Gasteiger partial charge in [0.1, 0.15) is 5.56 Å². The van der Waals surface area contributed by atoms with Crippen molar-refractivity contribution in [2.75, 3.05) is 31.7 Å². The fourth-order valence-corrected chi connectivity index (χ4v) is 3.37. The minimum atomic E-state index is -0.308. The number of nitrogens with zero attached hydrogens (tertiary/aromatic N) is 2. The van der Waals surface area contributed by atoms with Crippen molar-refractivity contribution in [2.24, 2.45) is 0 Å². The lowest BCUT2D eigenvalue weighted by atomic mass is 10.0. The van der Waals surface area contributed by atoms with Crippen LogP contribution in [0.3, 0.4) is 0 Å². The summed E-state index contributed by atoms with van der Waals surface area (Å²) in [6.07, 6.45) is 3.86. The van der Waals surface area contributed by atoms with Crippen LogP contribution >= 0.6 is 0 Å². The number of ether oxygens (including phenoxy) is 2. The molecule has 0 radical (unpaired) electrons. The van der Waals surface area contributed by atoms with Gasteiger partial charge in [0, 0.05) is 31.8 Å². The largest absolute Gasteiger partial charge is 0.462 e. The van der Waals surface area contributed by atoms with Crippen molar-refractivity contribution in [1.29, 1.82) is 0 Å². The second kappa shape index (κ2) is 7.18. The Labute approximate surface area is 142 Å². The number of hydrogen-bond acceptors (Lipinski definition) is 5. The molecular weight excluding hydrogens is 304 g/mol. The van der Waals surface area contributed by atoms with Crippen molar-refractivity contribution < 1.29 is 14.3 Å². The van der Waals surface area contributed by atoms with E-state index in [0.29, 0.717) is 18.3 Å². The van der Waals surface area contributed by atoms with E-state index in [4.69, 9.17) is 9.47 Å². The molecular formula is C19H24N2O3. The molecule has 2 aromatic rings. The molecule has 1 aliphatic rings. The Morgan fingerprint density at radius 3 is 2.75 bits per heavy atom. The molecule has 0 bridgehead atoms. The lowest BCUT2D eigenvalue weighted by Gasteiger charge is -2.34. The predicted molar refractivity (Wildman–Crippen MR) is 94.7 cm³/mol. The topological polar surface area (TPSA) is 51.7 Å². The number of carbonyl (C=O) groups is 1. The molecule has 0 N–H and O–H groups in total. The molecule has 1 aromatic heterocycles. The number of rotatable bonds is 4. The summed E-state index contributed by atoms with van der Waals surface area (Å²) in [6.45, 7) is 5.94. The molecule has 0 saturated carbocycles. The third kappa shape index (κ3) is 3.08. The molecule has 128 valence electrons. The number of methoxy groups -OCH3 is 1. The minimum absolute atomic E-state index is 0.294. The van der Waals surface area contributed by atoms with Crippen LogP contribution in [-0.4, -0.2) is 43.9 Å². The first kappa shape index (κ1) is 16.7. The van der Waals surface area contributed by atoms with E-state index in [1.54, 1.807) is 13.3 Å². The third-order valence-corrected chi connectivity index (χ3v) is 4.66. The standard InChI is InChI=1S/C19H24N2O3/c1-4-24-19(22)16-12-20-17-13(2)6-5-7-15(17)18(16)21-10-8-14(23-3)9-11-21/h5-7,12,14H,4,8-11H2,1-3H3. The average Bonchev–Trinajstić information content (AvgIpc) is 2.61. The van der Waals surface area contributed by atoms with Gasteiger partial charge in [-0.05, 0) is 32.3 Å². The number of hydrogen-bond donors (Lipinski definition) is 0. The Bertz CT molecular complexity index is 737. The van der Waals surface area contributed by atoms with Gasteiger partial charge in [-0.2, -0.15) is 0 Å². The molecule has 0 amide bonds. The summed E-state index contributed by atoms with van der Waals surface area (Å²) in [6, 6.07) is 6.09. The van der Waals surface area contributed by atoms with E-state index in [1.165, 1.54) is 0 Å². The van der Waals surface area contributed by atoms with E-state index in [1.807, 2.05) is 32.0 Å². The second-order valence-electron chi connectivity index (χ2n) is 6.13. The minimum Gasteiger partial charge on any atom is -0.462 e. The van der Waals surface area contributed by atoms with Crippen LogP contribution in [-0.2, 0) is 9.47 Å². The summed E-state index contributed by atoms with van der Waals surface area (Å²) < 4.78 is 10.7. The highest BCUT2D eigenvalue weighted by Gasteiger charge is 2.26. The lowest BCUT2D eigenvalue weighted by Crippen LogP contribution is -2.37. The van der Waals surface area contributed by atoms with Gasteiger partial charge < -0.3 is 14.4 Å². The second-order valence-corrected chi connectivity index (χ2v) is 6.13. The van der Waals surface area contributed by atoms with Crippen LogP contribution in [0.4, 0.5) is 5.69 Å². The van der Waals surface area contributed by atoms with Gasteiger partial charge in [0.05, 0.1) is 23.9 Å². The first-order valence-electron chi connectivity index (χ1n) is 8.49. The van der Waals surface area contributed by atoms with Crippen LogP contribution in [0, 0.1) is 6.92 Å². The zero-order valence-corrected chi connectivity index (χ0v) is 14.5. The highest BCUT2D eigenvalue weighted by atomic mass is 16.5. The van der Waals surface area contributed by atoms with Crippen molar-refractivity contribution in [3.63, 3.8) is 0 Å². The molecule has 1 fully saturated rings. The van der Waals surface area contributed by atoms with E-state index >= 15 is 0 Å². The van der Waals surface area contributed by atoms with Crippen LogP contribution in [0.15, 0.2) is 24.4 Å². The van der Waals surface area contributed by atoms with Crippen molar-refractivity contribution in [3.8, 4) is 0 Å². The fourth-order valence-electron chi connectivity index (χ4n) is 3.37. The van der Waals surface area contributed by atoms with Crippen molar-refractivity contribution in [1.82, 2.24) is 4.98 Å². The van der Waals surface area contributed by atoms with Gasteiger partial charge in [-0.1, -0.05) is 18.2 Å². The Hall–Kier alpha value is -2.14. The van der Waals surface area contributed by atoms with Crippen molar-refractivity contribution in [2.45, 2.75) is 32.8 Å². The number of pyridine rings is 1. The highest BCUT2D eigenvalue weighted by molar-refractivity contribution is 6.05. The Morgan fingerprint density at radius 2 is 2.08 bits per heavy atom. The van der Waals surface area contributed by atoms with E-state index in [9.17, 15) is 4.79 Å². The summed E-state index contributed by atoms with van der Waals surface area (Å²) in [5.74, 6) is -0.308. The smallest absolute Gasteiger partial charge is 0.341 e. The number of aromatic nitrogens is 1. The average molecular weight is 328 g/mol. The Kier molecular flexibility index (Phi) is 5.00. The predicted octanol–water partition coefficient (Wildman–Crippen LogP) is 3.34. The maximum atomic E-state index is 12.4. The monoisotopic (exact) mass is 328 g/mol. The number of esters is 1. The van der Waals surface area contributed by atoms with Crippen LogP contribution in [0.1, 0.15) is 35.7 Å². The molecule has 3 rings (SSSR count). The quantitative estimate of drug-likeness (QED) is 0.806. The molecule has 0 spiro atoms. The van der Waals surface area contributed by atoms with E-state index in [0.717, 1.165) is 48.1 Å². The number of carbonyl (C=O) groups excluding carboxylic acids is 1. The first-order chi connectivity index (χ1) is 11.7. The van der Waals surface area contributed by atoms with Gasteiger partial charge in [0.2, 0.25) is 0 Å². The van der Waals surface area contributed by atoms with Crippen LogP contribution < -0.4 is 4.90 Å². The summed E-state index contributed by atoms with van der Waals surface area (Å²) in [5, 5.41) is 1.01. The molecule has 1 saturated heterocycles. The van der Waals surface area contributed by atoms with Crippen molar-refractivity contribution in [3.05, 3.63) is 35.5 Å². The summed E-state index contributed by atoms with van der Waals surface area (Å²) >= 11 is 0. The molecule has 24 heavy (non-hydrogen) atoms. The van der Waals surface area contributed by atoms with Gasteiger partial charge in [0.25, 0.3) is 0 Å². The van der Waals surface area contributed by atoms with E-state index < -0.39 is 0 Å². The zero-order valence-electron chi connectivity index (χ0n) is 14.5. The number of fused-ring (bicyclic) bond motifs is 1. The molecule has 1 aromatic carbocycles. The maximum absolute atomic E-state index is 12.4. The fraction of sp³-hybridized carbons (Fsp3) is 0.474. The normalized spacial score (nSPS) is 15.7. The number of aryl methyl sites for hydroxylation is 1. The van der Waals surface area contributed by atoms with Crippen LogP contribution in [0.25, 0.3) is 10.9 Å². The first-order valence-corrected chi connectivity index (χ1v) is 8.49. The molecule has 0 atom stereocenters. The number of para-hydroxylation sites is 1. The van der Waals surface area contributed by atoms with Gasteiger partial charge in [-0.25, -0.2) is 4.79 Å². The van der Waals surface area contributed by atoms with Crippen molar-refractivity contribution >= 4 is 22.6 Å². The highest BCUT2D eigenvalue weighted by Crippen LogP contribution is 2.33. The SMILES string of the molecule is CCOC(=O)c1cnc2c(C)cccc2c1N1CCC(OC)CC1. The van der Waals surface area contributed by atoms with E-state index in [2.05, 4.69) is 9.88 Å². The molecule has 0 aliphatic carbocycles. The van der Waals surface area contributed by atoms with Gasteiger partial charge in [-0.3, -0.25) is 4.98 Å². The van der Waals surface area contributed by atoms with Gasteiger partial charge in [0.15, 0.2) is 0 Å². The zero-order chi connectivity index (χ0) is 17.1. The number of anilines is 1. The number of benzene rings is 1. The molecule has 1 aliphatic heterocycles. The molecule has 5 heteroatoms. The van der Waals surface area contributed by atoms with Gasteiger partial charge >= 0.3 is 5.97 Å². The third-order valence-electron chi connectivity index (χ3n) is 4.66. The summed E-state index contributed by atoms with van der Waals surface area (Å²) in [5.41, 5.74) is 3.54.